The van der Waals surface area contributed by atoms with E-state index in [4.69, 9.17) is 20.4 Å². The molecule has 0 aromatic rings. The molecule has 122 valence electrons. The number of rotatable bonds is 5. The highest BCUT2D eigenvalue weighted by Gasteiger charge is 2.40. The van der Waals surface area contributed by atoms with Crippen LogP contribution in [0.2, 0.25) is 0 Å². The summed E-state index contributed by atoms with van der Waals surface area (Å²) < 4.78 is 0. The van der Waals surface area contributed by atoms with Crippen LogP contribution in [0, 0.1) is 0 Å². The fraction of sp³-hybridized carbons (Fsp3) is 0.769. The Morgan fingerprint density at radius 3 is 1.57 bits per heavy atom. The van der Waals surface area contributed by atoms with E-state index in [0.29, 0.717) is 0 Å². The number of hydrogen-bond donors (Lipinski definition) is 5. The molecular weight excluding hydrogens is 282 g/mol. The van der Waals surface area contributed by atoms with Gasteiger partial charge in [-0.1, -0.05) is 6.42 Å². The van der Waals surface area contributed by atoms with Crippen LogP contribution in [0.1, 0.15) is 46.0 Å². The molecule has 2 unspecified atom stereocenters. The van der Waals surface area contributed by atoms with Gasteiger partial charge in [0.1, 0.15) is 0 Å². The van der Waals surface area contributed by atoms with Crippen LogP contribution in [0.3, 0.4) is 0 Å². The van der Waals surface area contributed by atoms with Crippen LogP contribution in [-0.4, -0.2) is 56.0 Å². The van der Waals surface area contributed by atoms with E-state index in [2.05, 4.69) is 19.2 Å². The first-order valence-electron chi connectivity index (χ1n) is 6.72. The van der Waals surface area contributed by atoms with E-state index in [-0.39, 0.29) is 0 Å². The van der Waals surface area contributed by atoms with Crippen molar-refractivity contribution in [1.29, 1.82) is 0 Å². The van der Waals surface area contributed by atoms with E-state index >= 15 is 0 Å². The quantitative estimate of drug-likeness (QED) is 0.487. The zero-order valence-corrected chi connectivity index (χ0v) is 12.2. The molecule has 0 spiro atoms. The van der Waals surface area contributed by atoms with Crippen molar-refractivity contribution in [2.75, 3.05) is 0 Å². The summed E-state index contributed by atoms with van der Waals surface area (Å²) >= 11 is 0. The number of hydrogen-bond acceptors (Lipinski definition) is 5. The lowest BCUT2D eigenvalue weighted by atomic mass is 9.96. The smallest absolute Gasteiger partial charge is 0.336 e. The first kappa shape index (κ1) is 19.3. The Balaban J connectivity index is 0.000000423. The van der Waals surface area contributed by atoms with Crippen LogP contribution >= 0.6 is 0 Å². The average Bonchev–Trinajstić information content (AvgIpc) is 2.26. The second-order valence-electron chi connectivity index (χ2n) is 5.38. The van der Waals surface area contributed by atoms with E-state index in [0.717, 1.165) is 12.1 Å². The molecule has 1 rings (SSSR count). The first-order chi connectivity index (χ1) is 9.56. The van der Waals surface area contributed by atoms with Crippen molar-refractivity contribution < 1.29 is 34.8 Å². The van der Waals surface area contributed by atoms with E-state index in [1.165, 1.54) is 19.3 Å². The molecule has 0 saturated carbocycles. The number of aliphatic hydroxyl groups is 1. The zero-order chi connectivity index (χ0) is 16.6. The average molecular weight is 305 g/mol. The molecular formula is C13H23NO7. The molecule has 21 heavy (non-hydrogen) atoms. The second-order valence-corrected chi connectivity index (χ2v) is 5.38. The molecule has 0 bridgehead atoms. The van der Waals surface area contributed by atoms with Gasteiger partial charge in [0.15, 0.2) is 5.60 Å². The second kappa shape index (κ2) is 8.58. The van der Waals surface area contributed by atoms with Gasteiger partial charge in [-0.25, -0.2) is 4.79 Å². The normalized spacial score (nSPS) is 21.9. The highest BCUT2D eigenvalue weighted by Crippen LogP contribution is 2.15. The lowest BCUT2D eigenvalue weighted by Crippen LogP contribution is -2.42. The summed E-state index contributed by atoms with van der Waals surface area (Å²) in [6, 6.07) is 1.53. The topological polar surface area (TPSA) is 144 Å². The highest BCUT2D eigenvalue weighted by atomic mass is 16.4. The Kier molecular flexibility index (Phi) is 7.90. The number of aliphatic carboxylic acids is 3. The maximum Gasteiger partial charge on any atom is 0.336 e. The summed E-state index contributed by atoms with van der Waals surface area (Å²) in [4.78, 5) is 30.5. The summed E-state index contributed by atoms with van der Waals surface area (Å²) in [5.41, 5.74) is -2.74. The third-order valence-electron chi connectivity index (χ3n) is 3.13. The SMILES string of the molecule is CC1CCCC(C)N1.O=C(O)CC(O)(CC(=O)O)C(=O)O. The molecule has 1 aliphatic heterocycles. The molecule has 8 nitrogen and oxygen atoms in total. The molecule has 1 aliphatic rings. The Bertz CT molecular complexity index is 359. The molecule has 1 heterocycles. The molecule has 8 heteroatoms. The molecule has 5 N–H and O–H groups in total. The van der Waals surface area contributed by atoms with E-state index < -0.39 is 36.4 Å². The van der Waals surface area contributed by atoms with Crippen molar-refractivity contribution in [3.63, 3.8) is 0 Å². The van der Waals surface area contributed by atoms with E-state index in [9.17, 15) is 14.4 Å². The van der Waals surface area contributed by atoms with Gasteiger partial charge in [-0.3, -0.25) is 9.59 Å². The third kappa shape index (κ3) is 8.26. The maximum absolute atomic E-state index is 10.3. The van der Waals surface area contributed by atoms with Gasteiger partial charge in [0.25, 0.3) is 0 Å². The van der Waals surface area contributed by atoms with Crippen LogP contribution in [-0.2, 0) is 14.4 Å². The number of nitrogens with one attached hydrogen (secondary N) is 1. The summed E-state index contributed by atoms with van der Waals surface area (Å²) in [6.45, 7) is 4.52. The van der Waals surface area contributed by atoms with Crippen molar-refractivity contribution in [1.82, 2.24) is 5.32 Å². The number of piperidine rings is 1. The molecule has 0 aromatic heterocycles. The number of carboxylic acids is 3. The minimum atomic E-state index is -2.74. The number of carboxylic acid groups (broad SMARTS) is 3. The monoisotopic (exact) mass is 305 g/mol. The summed E-state index contributed by atoms with van der Waals surface area (Å²) in [5, 5.41) is 37.3. The standard InChI is InChI=1S/C7H15N.C6H8O7/c1-6-4-3-5-7(2)8-6;7-3(8)1-6(13,5(11)12)2-4(9)10/h6-8H,3-5H2,1-2H3;13H,1-2H2,(H,7,8)(H,9,10)(H,11,12). The van der Waals surface area contributed by atoms with Gasteiger partial charge >= 0.3 is 17.9 Å². The van der Waals surface area contributed by atoms with Crippen LogP contribution in [0.4, 0.5) is 0 Å². The fourth-order valence-electron chi connectivity index (χ4n) is 2.10. The van der Waals surface area contributed by atoms with Crippen molar-refractivity contribution in [2.24, 2.45) is 0 Å². The van der Waals surface area contributed by atoms with Crippen molar-refractivity contribution >= 4 is 17.9 Å². The van der Waals surface area contributed by atoms with Gasteiger partial charge in [-0.05, 0) is 26.7 Å². The highest BCUT2D eigenvalue weighted by molar-refractivity contribution is 5.88. The molecule has 0 aliphatic carbocycles. The third-order valence-corrected chi connectivity index (χ3v) is 3.13. The molecule has 0 aromatic carbocycles. The predicted octanol–water partition coefficient (Wildman–Crippen LogP) is 0.288. The van der Waals surface area contributed by atoms with Gasteiger partial charge in [-0.2, -0.15) is 0 Å². The molecule has 1 saturated heterocycles. The largest absolute Gasteiger partial charge is 0.481 e. The van der Waals surface area contributed by atoms with E-state index in [1.54, 1.807) is 0 Å². The molecule has 1 fully saturated rings. The summed E-state index contributed by atoms with van der Waals surface area (Å²) in [7, 11) is 0. The lowest BCUT2D eigenvalue weighted by molar-refractivity contribution is -0.170. The summed E-state index contributed by atoms with van der Waals surface area (Å²) in [5.74, 6) is -5.02. The Morgan fingerprint density at radius 2 is 1.38 bits per heavy atom. The minimum Gasteiger partial charge on any atom is -0.481 e. The maximum atomic E-state index is 10.3. The predicted molar refractivity (Wildman–Crippen MR) is 73.0 cm³/mol. The van der Waals surface area contributed by atoms with Gasteiger partial charge < -0.3 is 25.7 Å². The van der Waals surface area contributed by atoms with Gasteiger partial charge in [0.2, 0.25) is 0 Å². The Hall–Kier alpha value is -1.67. The molecule has 0 radical (unpaired) electrons. The van der Waals surface area contributed by atoms with Crippen LogP contribution in [0.5, 0.6) is 0 Å². The number of carbonyl (C=O) groups is 3. The summed E-state index contributed by atoms with van der Waals surface area (Å²) in [6.07, 6.45) is 1.85. The van der Waals surface area contributed by atoms with Gasteiger partial charge in [0.05, 0.1) is 12.8 Å². The van der Waals surface area contributed by atoms with Gasteiger partial charge in [0, 0.05) is 12.1 Å². The Morgan fingerprint density at radius 1 is 1.00 bits per heavy atom. The van der Waals surface area contributed by atoms with Crippen LogP contribution < -0.4 is 5.32 Å². The lowest BCUT2D eigenvalue weighted by Gasteiger charge is -2.25. The van der Waals surface area contributed by atoms with Crippen molar-refractivity contribution in [3.8, 4) is 0 Å². The fourth-order valence-corrected chi connectivity index (χ4v) is 2.10. The first-order valence-corrected chi connectivity index (χ1v) is 6.72. The zero-order valence-electron chi connectivity index (χ0n) is 12.2. The van der Waals surface area contributed by atoms with Crippen LogP contribution in [0.25, 0.3) is 0 Å². The Labute approximate surface area is 122 Å². The molecule has 0 amide bonds. The van der Waals surface area contributed by atoms with Crippen LogP contribution in [0.15, 0.2) is 0 Å². The van der Waals surface area contributed by atoms with Gasteiger partial charge in [-0.15, -0.1) is 0 Å². The van der Waals surface area contributed by atoms with Crippen molar-refractivity contribution in [3.05, 3.63) is 0 Å². The van der Waals surface area contributed by atoms with E-state index in [1.807, 2.05) is 0 Å². The van der Waals surface area contributed by atoms with Crippen molar-refractivity contribution in [2.45, 2.75) is 63.6 Å². The molecule has 2 atom stereocenters. The minimum absolute atomic E-state index is 0.763.